The molecular weight excluding hydrogens is 228 g/mol. The molecule has 0 unspecified atom stereocenters. The van der Waals surface area contributed by atoms with Gasteiger partial charge in [0.1, 0.15) is 0 Å². The van der Waals surface area contributed by atoms with E-state index in [1.807, 2.05) is 12.1 Å². The van der Waals surface area contributed by atoms with E-state index in [1.54, 1.807) is 12.1 Å². The molecule has 0 heterocycles. The minimum atomic E-state index is -0.301. The molecule has 0 saturated heterocycles. The van der Waals surface area contributed by atoms with Gasteiger partial charge in [-0.2, -0.15) is 0 Å². The number of methoxy groups -OCH3 is 1. The van der Waals surface area contributed by atoms with Gasteiger partial charge in [0.2, 0.25) is 0 Å². The first-order valence-corrected chi connectivity index (χ1v) is 6.39. The van der Waals surface area contributed by atoms with Crippen LogP contribution < -0.4 is 11.1 Å². The van der Waals surface area contributed by atoms with E-state index >= 15 is 0 Å². The highest BCUT2D eigenvalue weighted by Crippen LogP contribution is 2.21. The third-order valence-corrected chi connectivity index (χ3v) is 3.45. The number of anilines is 1. The van der Waals surface area contributed by atoms with Crippen molar-refractivity contribution in [2.24, 2.45) is 5.73 Å². The summed E-state index contributed by atoms with van der Waals surface area (Å²) in [5, 5.41) is 3.48. The molecule has 0 radical (unpaired) electrons. The lowest BCUT2D eigenvalue weighted by molar-refractivity contribution is 0.0601. The van der Waals surface area contributed by atoms with Crippen LogP contribution >= 0.6 is 0 Å². The fourth-order valence-electron chi connectivity index (χ4n) is 2.32. The van der Waals surface area contributed by atoms with Gasteiger partial charge in [0.05, 0.1) is 12.7 Å². The van der Waals surface area contributed by atoms with Crippen molar-refractivity contribution in [2.45, 2.75) is 37.8 Å². The summed E-state index contributed by atoms with van der Waals surface area (Å²) in [6, 6.07) is 8.26. The molecule has 4 heteroatoms. The van der Waals surface area contributed by atoms with Crippen LogP contribution in [0.2, 0.25) is 0 Å². The molecule has 1 fully saturated rings. The van der Waals surface area contributed by atoms with Crippen LogP contribution in [-0.4, -0.2) is 25.2 Å². The highest BCUT2D eigenvalue weighted by atomic mass is 16.5. The van der Waals surface area contributed by atoms with Gasteiger partial charge in [-0.25, -0.2) is 4.79 Å². The van der Waals surface area contributed by atoms with Crippen molar-refractivity contribution in [3.63, 3.8) is 0 Å². The molecule has 4 nitrogen and oxygen atoms in total. The fraction of sp³-hybridized carbons (Fsp3) is 0.500. The average Bonchev–Trinajstić information content (AvgIpc) is 2.41. The molecule has 1 aliphatic rings. The first-order chi connectivity index (χ1) is 8.69. The van der Waals surface area contributed by atoms with Crippen molar-refractivity contribution >= 4 is 11.7 Å². The van der Waals surface area contributed by atoms with Gasteiger partial charge in [0.15, 0.2) is 0 Å². The standard InChI is InChI=1S/C14H20N2O2/c1-18-14(17)10-2-6-12(7-3-10)16-13-8-4-11(15)5-9-13/h2-3,6-7,11,13,16H,4-5,8-9,15H2,1H3. The van der Waals surface area contributed by atoms with Crippen LogP contribution in [0.1, 0.15) is 36.0 Å². The molecule has 1 saturated carbocycles. The number of benzene rings is 1. The molecule has 0 spiro atoms. The zero-order valence-electron chi connectivity index (χ0n) is 10.7. The van der Waals surface area contributed by atoms with Gasteiger partial charge in [-0.1, -0.05) is 0 Å². The normalized spacial score (nSPS) is 23.4. The number of rotatable bonds is 3. The van der Waals surface area contributed by atoms with E-state index in [0.29, 0.717) is 17.6 Å². The highest BCUT2D eigenvalue weighted by Gasteiger charge is 2.18. The minimum absolute atomic E-state index is 0.301. The second-order valence-electron chi connectivity index (χ2n) is 4.82. The lowest BCUT2D eigenvalue weighted by Gasteiger charge is -2.27. The molecule has 0 aromatic heterocycles. The van der Waals surface area contributed by atoms with E-state index < -0.39 is 0 Å². The Hall–Kier alpha value is -1.55. The van der Waals surface area contributed by atoms with Gasteiger partial charge < -0.3 is 15.8 Å². The Morgan fingerprint density at radius 2 is 1.83 bits per heavy atom. The third-order valence-electron chi connectivity index (χ3n) is 3.45. The van der Waals surface area contributed by atoms with Crippen LogP contribution in [0.25, 0.3) is 0 Å². The third kappa shape index (κ3) is 3.23. The molecule has 0 bridgehead atoms. The summed E-state index contributed by atoms with van der Waals surface area (Å²) < 4.78 is 4.66. The Bertz CT molecular complexity index is 395. The largest absolute Gasteiger partial charge is 0.465 e. The van der Waals surface area contributed by atoms with Gasteiger partial charge in [-0.3, -0.25) is 0 Å². The zero-order chi connectivity index (χ0) is 13.0. The van der Waals surface area contributed by atoms with Crippen LogP contribution in [0.5, 0.6) is 0 Å². The number of carbonyl (C=O) groups is 1. The summed E-state index contributed by atoms with van der Waals surface area (Å²) in [5.74, 6) is -0.301. The fourth-order valence-corrected chi connectivity index (χ4v) is 2.32. The molecule has 0 atom stereocenters. The number of hydrogen-bond donors (Lipinski definition) is 2. The Kier molecular flexibility index (Phi) is 4.20. The summed E-state index contributed by atoms with van der Waals surface area (Å²) in [4.78, 5) is 11.3. The van der Waals surface area contributed by atoms with E-state index in [2.05, 4.69) is 10.1 Å². The predicted octanol–water partition coefficient (Wildman–Crippen LogP) is 2.16. The lowest BCUT2D eigenvalue weighted by atomic mass is 9.91. The van der Waals surface area contributed by atoms with Crippen molar-refractivity contribution in [1.82, 2.24) is 0 Å². The molecule has 1 aromatic rings. The van der Waals surface area contributed by atoms with Gasteiger partial charge in [0.25, 0.3) is 0 Å². The second-order valence-corrected chi connectivity index (χ2v) is 4.82. The maximum Gasteiger partial charge on any atom is 0.337 e. The summed E-state index contributed by atoms with van der Waals surface area (Å²) >= 11 is 0. The molecule has 0 amide bonds. The van der Waals surface area contributed by atoms with E-state index in [0.717, 1.165) is 31.4 Å². The molecule has 2 rings (SSSR count). The van der Waals surface area contributed by atoms with Crippen molar-refractivity contribution in [2.75, 3.05) is 12.4 Å². The van der Waals surface area contributed by atoms with Crippen LogP contribution in [-0.2, 0) is 4.74 Å². The second kappa shape index (κ2) is 5.87. The van der Waals surface area contributed by atoms with Crippen molar-refractivity contribution in [3.05, 3.63) is 29.8 Å². The van der Waals surface area contributed by atoms with E-state index in [1.165, 1.54) is 7.11 Å². The van der Waals surface area contributed by atoms with Crippen LogP contribution in [0.4, 0.5) is 5.69 Å². The molecule has 98 valence electrons. The molecule has 1 aliphatic carbocycles. The average molecular weight is 248 g/mol. The van der Waals surface area contributed by atoms with E-state index in [4.69, 9.17) is 5.73 Å². The van der Waals surface area contributed by atoms with E-state index in [-0.39, 0.29) is 5.97 Å². The summed E-state index contributed by atoms with van der Waals surface area (Å²) in [6.07, 6.45) is 4.38. The monoisotopic (exact) mass is 248 g/mol. The maximum absolute atomic E-state index is 11.3. The summed E-state index contributed by atoms with van der Waals surface area (Å²) in [7, 11) is 1.39. The molecule has 1 aromatic carbocycles. The predicted molar refractivity (Wildman–Crippen MR) is 71.6 cm³/mol. The quantitative estimate of drug-likeness (QED) is 0.804. The van der Waals surface area contributed by atoms with Crippen molar-refractivity contribution < 1.29 is 9.53 Å². The molecule has 18 heavy (non-hydrogen) atoms. The SMILES string of the molecule is COC(=O)c1ccc(NC2CCC(N)CC2)cc1. The number of esters is 1. The Labute approximate surface area is 108 Å². The Balaban J connectivity index is 1.92. The van der Waals surface area contributed by atoms with Crippen LogP contribution in [0.3, 0.4) is 0 Å². The van der Waals surface area contributed by atoms with Gasteiger partial charge >= 0.3 is 5.97 Å². The van der Waals surface area contributed by atoms with Crippen LogP contribution in [0.15, 0.2) is 24.3 Å². The maximum atomic E-state index is 11.3. The summed E-state index contributed by atoms with van der Waals surface area (Å²) in [6.45, 7) is 0. The number of carbonyl (C=O) groups excluding carboxylic acids is 1. The topological polar surface area (TPSA) is 64.3 Å². The number of hydrogen-bond acceptors (Lipinski definition) is 4. The molecule has 0 aliphatic heterocycles. The van der Waals surface area contributed by atoms with Crippen molar-refractivity contribution in [3.8, 4) is 0 Å². The molecule has 3 N–H and O–H groups in total. The van der Waals surface area contributed by atoms with Crippen LogP contribution in [0, 0.1) is 0 Å². The van der Waals surface area contributed by atoms with Crippen molar-refractivity contribution in [1.29, 1.82) is 0 Å². The zero-order valence-corrected chi connectivity index (χ0v) is 10.7. The number of nitrogens with two attached hydrogens (primary N) is 1. The lowest BCUT2D eigenvalue weighted by Crippen LogP contribution is -2.32. The Morgan fingerprint density at radius 3 is 2.39 bits per heavy atom. The van der Waals surface area contributed by atoms with E-state index in [9.17, 15) is 4.79 Å². The first kappa shape index (κ1) is 12.9. The first-order valence-electron chi connectivity index (χ1n) is 6.39. The highest BCUT2D eigenvalue weighted by molar-refractivity contribution is 5.89. The Morgan fingerprint density at radius 1 is 1.22 bits per heavy atom. The summed E-state index contributed by atoms with van der Waals surface area (Å²) in [5.41, 5.74) is 7.50. The number of nitrogens with one attached hydrogen (secondary N) is 1. The van der Waals surface area contributed by atoms with Gasteiger partial charge in [0, 0.05) is 17.8 Å². The molecular formula is C14H20N2O2. The minimum Gasteiger partial charge on any atom is -0.465 e. The number of ether oxygens (including phenoxy) is 1. The van der Waals surface area contributed by atoms with Gasteiger partial charge in [-0.05, 0) is 49.9 Å². The van der Waals surface area contributed by atoms with Gasteiger partial charge in [-0.15, -0.1) is 0 Å². The smallest absolute Gasteiger partial charge is 0.337 e.